The second-order valence-electron chi connectivity index (χ2n) is 4.35. The van der Waals surface area contributed by atoms with E-state index in [-0.39, 0.29) is 5.56 Å². The van der Waals surface area contributed by atoms with Crippen molar-refractivity contribution in [1.29, 1.82) is 0 Å². The van der Waals surface area contributed by atoms with Crippen LogP contribution in [0, 0.1) is 6.92 Å². The van der Waals surface area contributed by atoms with Crippen molar-refractivity contribution in [1.82, 2.24) is 14.5 Å². The molecule has 0 aliphatic heterocycles. The van der Waals surface area contributed by atoms with Crippen molar-refractivity contribution in [2.24, 2.45) is 0 Å². The molecular formula is C13H17BrN4O. The fourth-order valence-electron chi connectivity index (χ4n) is 2.02. The molecule has 2 rings (SSSR count). The maximum atomic E-state index is 12.2. The van der Waals surface area contributed by atoms with Crippen LogP contribution in [-0.4, -0.2) is 21.1 Å². The Bertz CT molecular complexity index is 666. The zero-order valence-corrected chi connectivity index (χ0v) is 12.9. The first-order valence-electron chi connectivity index (χ1n) is 6.40. The van der Waals surface area contributed by atoms with Crippen LogP contribution in [0.15, 0.2) is 15.3 Å². The van der Waals surface area contributed by atoms with E-state index in [9.17, 15) is 4.79 Å². The number of pyridine rings is 1. The van der Waals surface area contributed by atoms with E-state index in [0.717, 1.165) is 24.0 Å². The highest BCUT2D eigenvalue weighted by Crippen LogP contribution is 2.19. The van der Waals surface area contributed by atoms with E-state index in [0.29, 0.717) is 22.6 Å². The summed E-state index contributed by atoms with van der Waals surface area (Å²) < 4.78 is 2.26. The predicted molar refractivity (Wildman–Crippen MR) is 80.7 cm³/mol. The number of hydrogen-bond donors (Lipinski definition) is 1. The van der Waals surface area contributed by atoms with Crippen molar-refractivity contribution in [3.05, 3.63) is 26.6 Å². The lowest BCUT2D eigenvalue weighted by Crippen LogP contribution is -2.22. The van der Waals surface area contributed by atoms with Gasteiger partial charge in [0.05, 0.1) is 10.2 Å². The Kier molecular flexibility index (Phi) is 4.19. The molecule has 102 valence electrons. The summed E-state index contributed by atoms with van der Waals surface area (Å²) in [6, 6.07) is 1.80. The summed E-state index contributed by atoms with van der Waals surface area (Å²) in [5.74, 6) is 0.569. The quantitative estimate of drug-likeness (QED) is 0.939. The van der Waals surface area contributed by atoms with Gasteiger partial charge >= 0.3 is 0 Å². The number of halogens is 1. The molecule has 0 aliphatic rings. The minimum Gasteiger partial charge on any atom is -0.354 e. The van der Waals surface area contributed by atoms with Crippen molar-refractivity contribution in [2.45, 2.75) is 33.7 Å². The van der Waals surface area contributed by atoms with Crippen LogP contribution < -0.4 is 10.9 Å². The molecule has 0 radical (unpaired) electrons. The summed E-state index contributed by atoms with van der Waals surface area (Å²) >= 11 is 3.32. The average Bonchev–Trinajstić information content (AvgIpc) is 2.37. The summed E-state index contributed by atoms with van der Waals surface area (Å²) in [4.78, 5) is 21.1. The highest BCUT2D eigenvalue weighted by Gasteiger charge is 2.12. The van der Waals surface area contributed by atoms with Gasteiger partial charge < -0.3 is 5.32 Å². The van der Waals surface area contributed by atoms with E-state index in [1.165, 1.54) is 0 Å². The monoisotopic (exact) mass is 324 g/mol. The summed E-state index contributed by atoms with van der Waals surface area (Å²) in [7, 11) is 0. The normalized spacial score (nSPS) is 10.9. The number of hydrogen-bond acceptors (Lipinski definition) is 4. The Morgan fingerprint density at radius 1 is 1.37 bits per heavy atom. The van der Waals surface area contributed by atoms with Crippen LogP contribution >= 0.6 is 15.9 Å². The van der Waals surface area contributed by atoms with Crippen LogP contribution in [0.25, 0.3) is 11.0 Å². The van der Waals surface area contributed by atoms with Gasteiger partial charge in [0.2, 0.25) is 5.95 Å². The number of anilines is 1. The van der Waals surface area contributed by atoms with Gasteiger partial charge in [-0.3, -0.25) is 9.36 Å². The lowest BCUT2D eigenvalue weighted by Gasteiger charge is -2.12. The molecule has 2 aromatic heterocycles. The van der Waals surface area contributed by atoms with E-state index < -0.39 is 0 Å². The zero-order chi connectivity index (χ0) is 14.0. The van der Waals surface area contributed by atoms with E-state index in [2.05, 4.69) is 31.2 Å². The minimum absolute atomic E-state index is 0.0464. The van der Waals surface area contributed by atoms with Crippen LogP contribution in [0.2, 0.25) is 0 Å². The van der Waals surface area contributed by atoms with Crippen molar-refractivity contribution < 1.29 is 0 Å². The molecule has 0 unspecified atom stereocenters. The van der Waals surface area contributed by atoms with Gasteiger partial charge in [-0.1, -0.05) is 6.92 Å². The molecule has 0 fully saturated rings. The Labute approximate surface area is 120 Å². The smallest absolute Gasteiger partial charge is 0.266 e. The third kappa shape index (κ3) is 2.63. The van der Waals surface area contributed by atoms with Gasteiger partial charge in [-0.15, -0.1) is 0 Å². The molecule has 2 heterocycles. The fourth-order valence-corrected chi connectivity index (χ4v) is 2.47. The Hall–Kier alpha value is -1.43. The maximum absolute atomic E-state index is 12.2. The molecule has 2 aromatic rings. The van der Waals surface area contributed by atoms with Gasteiger partial charge in [0.15, 0.2) is 0 Å². The molecule has 19 heavy (non-hydrogen) atoms. The Morgan fingerprint density at radius 3 is 2.74 bits per heavy atom. The predicted octanol–water partition coefficient (Wildman–Crippen LogP) is 2.70. The highest BCUT2D eigenvalue weighted by atomic mass is 79.9. The molecule has 6 heteroatoms. The zero-order valence-electron chi connectivity index (χ0n) is 11.3. The van der Waals surface area contributed by atoms with Gasteiger partial charge in [0.1, 0.15) is 5.65 Å². The maximum Gasteiger partial charge on any atom is 0.266 e. The molecule has 0 aromatic carbocycles. The topological polar surface area (TPSA) is 59.8 Å². The number of aryl methyl sites for hydroxylation is 2. The van der Waals surface area contributed by atoms with Crippen molar-refractivity contribution >= 4 is 32.9 Å². The molecule has 5 nitrogen and oxygen atoms in total. The molecule has 0 saturated carbocycles. The largest absolute Gasteiger partial charge is 0.354 e. The lowest BCUT2D eigenvalue weighted by atomic mass is 10.2. The molecular weight excluding hydrogens is 308 g/mol. The first-order chi connectivity index (χ1) is 9.08. The molecule has 0 amide bonds. The van der Waals surface area contributed by atoms with E-state index in [1.54, 1.807) is 10.6 Å². The van der Waals surface area contributed by atoms with Gasteiger partial charge in [0, 0.05) is 18.5 Å². The Balaban J connectivity index is 2.80. The minimum atomic E-state index is -0.0464. The summed E-state index contributed by atoms with van der Waals surface area (Å²) in [5, 5.41) is 4.00. The molecule has 0 saturated heterocycles. The number of nitrogens with zero attached hydrogens (tertiary/aromatic N) is 3. The van der Waals surface area contributed by atoms with Gasteiger partial charge in [0.25, 0.3) is 5.56 Å². The van der Waals surface area contributed by atoms with Gasteiger partial charge in [-0.05, 0) is 42.3 Å². The average molecular weight is 325 g/mol. The van der Waals surface area contributed by atoms with Gasteiger partial charge in [-0.2, -0.15) is 4.98 Å². The van der Waals surface area contributed by atoms with E-state index in [4.69, 9.17) is 0 Å². The van der Waals surface area contributed by atoms with E-state index >= 15 is 0 Å². The van der Waals surface area contributed by atoms with Crippen LogP contribution in [-0.2, 0) is 6.54 Å². The summed E-state index contributed by atoms with van der Waals surface area (Å²) in [6.45, 7) is 7.36. The number of aromatic nitrogens is 3. The van der Waals surface area contributed by atoms with Crippen LogP contribution in [0.3, 0.4) is 0 Å². The molecule has 0 bridgehead atoms. The second kappa shape index (κ2) is 5.69. The van der Waals surface area contributed by atoms with Crippen molar-refractivity contribution in [3.63, 3.8) is 0 Å². The standard InChI is InChI=1S/C13H17BrN4O/c1-4-6-18-11-9(7-10(14)12(18)19)8(3)16-13(17-11)15-5-2/h7H,4-6H2,1-3H3,(H,15,16,17). The third-order valence-electron chi connectivity index (χ3n) is 2.87. The molecule has 0 atom stereocenters. The summed E-state index contributed by atoms with van der Waals surface area (Å²) in [5.41, 5.74) is 1.51. The number of fused-ring (bicyclic) bond motifs is 1. The van der Waals surface area contributed by atoms with Crippen LogP contribution in [0.5, 0.6) is 0 Å². The van der Waals surface area contributed by atoms with Crippen molar-refractivity contribution in [3.8, 4) is 0 Å². The number of rotatable bonds is 4. The van der Waals surface area contributed by atoms with Gasteiger partial charge in [-0.25, -0.2) is 4.98 Å². The first-order valence-corrected chi connectivity index (χ1v) is 7.19. The molecule has 1 N–H and O–H groups in total. The lowest BCUT2D eigenvalue weighted by molar-refractivity contribution is 0.668. The number of nitrogens with one attached hydrogen (secondary N) is 1. The fraction of sp³-hybridized carbons (Fsp3) is 0.462. The van der Waals surface area contributed by atoms with E-state index in [1.807, 2.05) is 20.8 Å². The Morgan fingerprint density at radius 2 is 2.11 bits per heavy atom. The SMILES string of the molecule is CCCn1c(=O)c(Br)cc2c(C)nc(NCC)nc21. The summed E-state index contributed by atoms with van der Waals surface area (Å²) in [6.07, 6.45) is 0.880. The first kappa shape index (κ1) is 14.0. The molecule has 0 aliphatic carbocycles. The third-order valence-corrected chi connectivity index (χ3v) is 3.44. The van der Waals surface area contributed by atoms with Crippen LogP contribution in [0.4, 0.5) is 5.95 Å². The highest BCUT2D eigenvalue weighted by molar-refractivity contribution is 9.10. The molecule has 0 spiro atoms. The van der Waals surface area contributed by atoms with Crippen molar-refractivity contribution in [2.75, 3.05) is 11.9 Å². The van der Waals surface area contributed by atoms with Crippen LogP contribution in [0.1, 0.15) is 26.0 Å². The second-order valence-corrected chi connectivity index (χ2v) is 5.20.